The lowest BCUT2D eigenvalue weighted by Gasteiger charge is -2.05. The number of rotatable bonds is 4. The highest BCUT2D eigenvalue weighted by Crippen LogP contribution is 2.16. The van der Waals surface area contributed by atoms with E-state index in [1.165, 1.54) is 11.3 Å². The van der Waals surface area contributed by atoms with Crippen molar-refractivity contribution in [1.82, 2.24) is 0 Å². The fourth-order valence-electron chi connectivity index (χ4n) is 2.06. The van der Waals surface area contributed by atoms with Crippen molar-refractivity contribution in [3.05, 3.63) is 88.1 Å². The van der Waals surface area contributed by atoms with Crippen LogP contribution >= 0.6 is 11.3 Å². The second-order valence-electron chi connectivity index (χ2n) is 4.70. The summed E-state index contributed by atoms with van der Waals surface area (Å²) >= 11 is 1.39. The molecule has 108 valence electrons. The lowest BCUT2D eigenvalue weighted by molar-refractivity contribution is 0.102. The molecular weight excluding hydrogens is 294 g/mol. The number of carbonyl (C=O) groups excluding carboxylic acids is 2. The molecule has 1 N–H and O–H groups in total. The van der Waals surface area contributed by atoms with Gasteiger partial charge in [-0.1, -0.05) is 36.4 Å². The SMILES string of the molecule is O=C(c1ccccc1)c1ccc(NC(=O)c2cccs2)cc1. The van der Waals surface area contributed by atoms with Gasteiger partial charge in [0.1, 0.15) is 0 Å². The second kappa shape index (κ2) is 6.37. The van der Waals surface area contributed by atoms with E-state index in [0.717, 1.165) is 0 Å². The third kappa shape index (κ3) is 3.13. The Morgan fingerprint density at radius 3 is 2.09 bits per heavy atom. The fraction of sp³-hybridized carbons (Fsp3) is 0. The Morgan fingerprint density at radius 2 is 1.45 bits per heavy atom. The molecule has 0 bridgehead atoms. The van der Waals surface area contributed by atoms with Gasteiger partial charge in [-0.15, -0.1) is 11.3 Å². The topological polar surface area (TPSA) is 46.2 Å². The van der Waals surface area contributed by atoms with Gasteiger partial charge in [-0.05, 0) is 35.7 Å². The van der Waals surface area contributed by atoms with Crippen LogP contribution < -0.4 is 5.32 Å². The molecule has 0 aliphatic heterocycles. The molecule has 0 saturated heterocycles. The first-order valence-electron chi connectivity index (χ1n) is 6.79. The Balaban J connectivity index is 1.73. The van der Waals surface area contributed by atoms with Crippen LogP contribution in [-0.2, 0) is 0 Å². The summed E-state index contributed by atoms with van der Waals surface area (Å²) in [5.74, 6) is -0.172. The molecule has 1 amide bonds. The number of benzene rings is 2. The molecule has 4 heteroatoms. The first-order valence-corrected chi connectivity index (χ1v) is 7.67. The number of nitrogens with one attached hydrogen (secondary N) is 1. The molecule has 3 aromatic rings. The average Bonchev–Trinajstić information content (AvgIpc) is 3.10. The molecule has 0 saturated carbocycles. The van der Waals surface area contributed by atoms with E-state index >= 15 is 0 Å². The molecule has 2 aromatic carbocycles. The van der Waals surface area contributed by atoms with E-state index in [9.17, 15) is 9.59 Å². The zero-order valence-corrected chi connectivity index (χ0v) is 12.5. The van der Waals surface area contributed by atoms with Crippen molar-refractivity contribution >= 4 is 28.7 Å². The van der Waals surface area contributed by atoms with Crippen molar-refractivity contribution in [2.75, 3.05) is 5.32 Å². The quantitative estimate of drug-likeness (QED) is 0.733. The number of carbonyl (C=O) groups is 2. The Bertz CT molecular complexity index is 778. The first kappa shape index (κ1) is 14.2. The minimum Gasteiger partial charge on any atom is -0.321 e. The third-order valence-corrected chi connectivity index (χ3v) is 4.05. The van der Waals surface area contributed by atoms with Crippen molar-refractivity contribution in [2.45, 2.75) is 0 Å². The van der Waals surface area contributed by atoms with Crippen molar-refractivity contribution < 1.29 is 9.59 Å². The normalized spacial score (nSPS) is 10.2. The van der Waals surface area contributed by atoms with Gasteiger partial charge in [0.05, 0.1) is 4.88 Å². The van der Waals surface area contributed by atoms with E-state index < -0.39 is 0 Å². The van der Waals surface area contributed by atoms with Gasteiger partial charge in [0.25, 0.3) is 5.91 Å². The summed E-state index contributed by atoms with van der Waals surface area (Å²) in [4.78, 5) is 24.9. The van der Waals surface area contributed by atoms with Crippen LogP contribution in [0.3, 0.4) is 0 Å². The summed E-state index contributed by atoms with van der Waals surface area (Å²) < 4.78 is 0. The molecule has 0 spiro atoms. The monoisotopic (exact) mass is 307 g/mol. The molecule has 22 heavy (non-hydrogen) atoms. The third-order valence-electron chi connectivity index (χ3n) is 3.19. The minimum atomic E-state index is -0.142. The average molecular weight is 307 g/mol. The predicted molar refractivity (Wildman–Crippen MR) is 88.6 cm³/mol. The lowest BCUT2D eigenvalue weighted by Crippen LogP contribution is -2.10. The van der Waals surface area contributed by atoms with Crippen molar-refractivity contribution in [3.63, 3.8) is 0 Å². The molecule has 0 unspecified atom stereocenters. The highest BCUT2D eigenvalue weighted by atomic mass is 32.1. The minimum absolute atomic E-state index is 0.0308. The van der Waals surface area contributed by atoms with E-state index in [0.29, 0.717) is 21.7 Å². The number of anilines is 1. The summed E-state index contributed by atoms with van der Waals surface area (Å²) in [5.41, 5.74) is 1.92. The fourth-order valence-corrected chi connectivity index (χ4v) is 2.68. The maximum Gasteiger partial charge on any atom is 0.265 e. The number of ketones is 1. The number of hydrogen-bond donors (Lipinski definition) is 1. The molecule has 0 fully saturated rings. The predicted octanol–water partition coefficient (Wildman–Crippen LogP) is 4.23. The zero-order chi connectivity index (χ0) is 15.4. The van der Waals surface area contributed by atoms with Gasteiger partial charge in [0, 0.05) is 16.8 Å². The molecule has 0 radical (unpaired) electrons. The lowest BCUT2D eigenvalue weighted by atomic mass is 10.0. The largest absolute Gasteiger partial charge is 0.321 e. The number of amides is 1. The zero-order valence-electron chi connectivity index (χ0n) is 11.7. The molecule has 0 atom stereocenters. The molecular formula is C18H13NO2S. The molecule has 3 rings (SSSR count). The van der Waals surface area contributed by atoms with Crippen LogP contribution in [0.4, 0.5) is 5.69 Å². The van der Waals surface area contributed by atoms with Crippen LogP contribution in [0.5, 0.6) is 0 Å². The summed E-state index contributed by atoms with van der Waals surface area (Å²) in [6.45, 7) is 0. The summed E-state index contributed by atoms with van der Waals surface area (Å²) in [6.07, 6.45) is 0. The molecule has 0 aliphatic rings. The number of thiophene rings is 1. The van der Waals surface area contributed by atoms with Crippen LogP contribution in [-0.4, -0.2) is 11.7 Å². The Labute approximate surface area is 132 Å². The number of hydrogen-bond acceptors (Lipinski definition) is 3. The van der Waals surface area contributed by atoms with Gasteiger partial charge < -0.3 is 5.32 Å². The smallest absolute Gasteiger partial charge is 0.265 e. The molecule has 3 nitrogen and oxygen atoms in total. The van der Waals surface area contributed by atoms with Crippen LogP contribution in [0.1, 0.15) is 25.6 Å². The Morgan fingerprint density at radius 1 is 0.773 bits per heavy atom. The highest BCUT2D eigenvalue weighted by Gasteiger charge is 2.10. The van der Waals surface area contributed by atoms with Gasteiger partial charge in [0.2, 0.25) is 0 Å². The summed E-state index contributed by atoms with van der Waals surface area (Å²) in [6, 6.07) is 19.6. The van der Waals surface area contributed by atoms with Gasteiger partial charge in [-0.2, -0.15) is 0 Å². The standard InChI is InChI=1S/C18H13NO2S/c20-17(13-5-2-1-3-6-13)14-8-10-15(11-9-14)19-18(21)16-7-4-12-22-16/h1-12H,(H,19,21). The van der Waals surface area contributed by atoms with Crippen molar-refractivity contribution in [1.29, 1.82) is 0 Å². The Kier molecular flexibility index (Phi) is 4.12. The van der Waals surface area contributed by atoms with E-state index in [1.807, 2.05) is 29.6 Å². The van der Waals surface area contributed by atoms with Crippen LogP contribution in [0, 0.1) is 0 Å². The molecule has 0 aliphatic carbocycles. The van der Waals surface area contributed by atoms with Crippen LogP contribution in [0.25, 0.3) is 0 Å². The Hall–Kier alpha value is -2.72. The van der Waals surface area contributed by atoms with Crippen molar-refractivity contribution in [2.24, 2.45) is 0 Å². The maximum atomic E-state index is 12.3. The van der Waals surface area contributed by atoms with E-state index in [1.54, 1.807) is 42.5 Å². The molecule has 1 aromatic heterocycles. The van der Waals surface area contributed by atoms with Gasteiger partial charge in [-0.25, -0.2) is 0 Å². The second-order valence-corrected chi connectivity index (χ2v) is 5.65. The van der Waals surface area contributed by atoms with Crippen molar-refractivity contribution in [3.8, 4) is 0 Å². The van der Waals surface area contributed by atoms with E-state index in [-0.39, 0.29) is 11.7 Å². The summed E-state index contributed by atoms with van der Waals surface area (Å²) in [5, 5.41) is 4.67. The van der Waals surface area contributed by atoms with Crippen LogP contribution in [0.15, 0.2) is 72.1 Å². The van der Waals surface area contributed by atoms with Gasteiger partial charge in [0.15, 0.2) is 5.78 Å². The summed E-state index contributed by atoms with van der Waals surface area (Å²) in [7, 11) is 0. The van der Waals surface area contributed by atoms with Gasteiger partial charge in [-0.3, -0.25) is 9.59 Å². The van der Waals surface area contributed by atoms with E-state index in [4.69, 9.17) is 0 Å². The first-order chi connectivity index (χ1) is 10.7. The van der Waals surface area contributed by atoms with E-state index in [2.05, 4.69) is 5.32 Å². The van der Waals surface area contributed by atoms with Crippen LogP contribution in [0.2, 0.25) is 0 Å². The van der Waals surface area contributed by atoms with Gasteiger partial charge >= 0.3 is 0 Å². The highest BCUT2D eigenvalue weighted by molar-refractivity contribution is 7.12. The molecule has 1 heterocycles. The maximum absolute atomic E-state index is 12.3.